The van der Waals surface area contributed by atoms with Gasteiger partial charge in [0.2, 0.25) is 5.91 Å². The van der Waals surface area contributed by atoms with Crippen LogP contribution in [0.5, 0.6) is 0 Å². The lowest BCUT2D eigenvalue weighted by atomic mass is 10.1. The first-order valence-electron chi connectivity index (χ1n) is 5.56. The van der Waals surface area contributed by atoms with Crippen LogP contribution in [0.3, 0.4) is 0 Å². The number of primary amides is 1. The van der Waals surface area contributed by atoms with Crippen LogP contribution in [0.1, 0.15) is 25.6 Å². The van der Waals surface area contributed by atoms with E-state index < -0.39 is 29.4 Å². The zero-order chi connectivity index (χ0) is 16.9. The molecule has 0 aliphatic heterocycles. The number of hydrogen-bond acceptors (Lipinski definition) is 3. The summed E-state index contributed by atoms with van der Waals surface area (Å²) < 4.78 is 49.0. The number of carboxylic acid groups (broad SMARTS) is 1. The number of thiophene rings is 1. The van der Waals surface area contributed by atoms with Gasteiger partial charge >= 0.3 is 12.1 Å². The Morgan fingerprint density at radius 3 is 2.18 bits per heavy atom. The summed E-state index contributed by atoms with van der Waals surface area (Å²) in [6, 6.07) is 5.13. The van der Waals surface area contributed by atoms with Gasteiger partial charge in [0, 0.05) is 5.56 Å². The molecule has 0 spiro atoms. The van der Waals surface area contributed by atoms with Crippen molar-refractivity contribution in [1.29, 1.82) is 0 Å². The van der Waals surface area contributed by atoms with Gasteiger partial charge in [0.25, 0.3) is 0 Å². The topological polar surface area (TPSA) is 80.4 Å². The number of amides is 1. The number of alkyl halides is 3. The summed E-state index contributed by atoms with van der Waals surface area (Å²) in [6.45, 7) is 0. The van der Waals surface area contributed by atoms with E-state index >= 15 is 0 Å². The third kappa shape index (κ3) is 4.85. The van der Waals surface area contributed by atoms with Crippen LogP contribution in [-0.4, -0.2) is 17.0 Å². The number of benzene rings is 1. The molecule has 0 atom stereocenters. The number of carbonyl (C=O) groups excluding carboxylic acids is 1. The van der Waals surface area contributed by atoms with Crippen molar-refractivity contribution in [2.24, 2.45) is 5.73 Å². The summed E-state index contributed by atoms with van der Waals surface area (Å²) in [6.07, 6.45) is -4.82. The minimum Gasteiger partial charge on any atom is -0.477 e. The van der Waals surface area contributed by atoms with Crippen LogP contribution in [0.2, 0.25) is 0 Å². The molecule has 1 heterocycles. The lowest BCUT2D eigenvalue weighted by Crippen LogP contribution is -2.14. The van der Waals surface area contributed by atoms with Gasteiger partial charge in [-0.2, -0.15) is 13.2 Å². The average Bonchev–Trinajstić information content (AvgIpc) is 2.92. The second-order valence-corrected chi connectivity index (χ2v) is 4.79. The second kappa shape index (κ2) is 7.03. The fraction of sp³-hybridized carbons (Fsp3) is 0.0769. The molecule has 4 nitrogen and oxygen atoms in total. The fourth-order valence-electron chi connectivity index (χ4n) is 1.30. The third-order valence-electron chi connectivity index (χ3n) is 2.29. The predicted molar refractivity (Wildman–Crippen MR) is 71.2 cm³/mol. The molecule has 0 fully saturated rings. The number of hydrogen-bond donors (Lipinski definition) is 2. The van der Waals surface area contributed by atoms with Crippen molar-refractivity contribution >= 4 is 23.2 Å². The van der Waals surface area contributed by atoms with Gasteiger partial charge in [0.15, 0.2) is 0 Å². The van der Waals surface area contributed by atoms with Gasteiger partial charge in [-0.05, 0) is 29.6 Å². The van der Waals surface area contributed by atoms with E-state index in [2.05, 4.69) is 0 Å². The Labute approximate surface area is 125 Å². The molecule has 0 bridgehead atoms. The van der Waals surface area contributed by atoms with Crippen molar-refractivity contribution in [3.05, 3.63) is 57.5 Å². The molecule has 2 rings (SSSR count). The molecule has 1 amide bonds. The Hall–Kier alpha value is -2.42. The highest BCUT2D eigenvalue weighted by Gasteiger charge is 2.34. The zero-order valence-corrected chi connectivity index (χ0v) is 11.5. The average molecular weight is 335 g/mol. The predicted octanol–water partition coefficient (Wildman–Crippen LogP) is 3.39. The smallest absolute Gasteiger partial charge is 0.419 e. The second-order valence-electron chi connectivity index (χ2n) is 3.84. The summed E-state index contributed by atoms with van der Waals surface area (Å²) in [4.78, 5) is 21.0. The summed E-state index contributed by atoms with van der Waals surface area (Å²) >= 11 is 1.23. The molecule has 0 aliphatic carbocycles. The van der Waals surface area contributed by atoms with Gasteiger partial charge < -0.3 is 10.8 Å². The molecule has 0 saturated heterocycles. The molecule has 0 radical (unpaired) electrons. The molecular formula is C13H9F4NO3S. The molecule has 118 valence electrons. The Bertz CT molecular complexity index is 668. The van der Waals surface area contributed by atoms with Crippen LogP contribution in [0.25, 0.3) is 0 Å². The van der Waals surface area contributed by atoms with Crippen LogP contribution in [0, 0.1) is 5.82 Å². The first-order valence-corrected chi connectivity index (χ1v) is 6.44. The lowest BCUT2D eigenvalue weighted by Gasteiger charge is -2.08. The minimum atomic E-state index is -4.82. The summed E-state index contributed by atoms with van der Waals surface area (Å²) in [5, 5.41) is 10.0. The van der Waals surface area contributed by atoms with Crippen molar-refractivity contribution in [2.75, 3.05) is 0 Å². The van der Waals surface area contributed by atoms with E-state index in [1.807, 2.05) is 0 Å². The zero-order valence-electron chi connectivity index (χ0n) is 10.7. The highest BCUT2D eigenvalue weighted by Crippen LogP contribution is 2.31. The van der Waals surface area contributed by atoms with Crippen molar-refractivity contribution in [3.8, 4) is 0 Å². The maximum Gasteiger partial charge on any atom is 0.419 e. The molecule has 9 heteroatoms. The standard InChI is InChI=1S/C8H5F4NO.C5H4O2S/c9-6-2-1-4(7(13)14)3-5(6)8(10,11)12;6-5(7)4-2-1-3-8-4/h1-3H,(H2,13,14);1-3H,(H,6,7). The van der Waals surface area contributed by atoms with E-state index in [0.29, 0.717) is 17.0 Å². The molecule has 0 saturated carbocycles. The first kappa shape index (κ1) is 17.6. The van der Waals surface area contributed by atoms with E-state index in [1.165, 1.54) is 11.3 Å². The molecule has 0 unspecified atom stereocenters. The van der Waals surface area contributed by atoms with Gasteiger partial charge in [-0.3, -0.25) is 4.79 Å². The Morgan fingerprint density at radius 2 is 1.82 bits per heavy atom. The molecule has 3 N–H and O–H groups in total. The largest absolute Gasteiger partial charge is 0.477 e. The maximum atomic E-state index is 12.7. The quantitative estimate of drug-likeness (QED) is 0.826. The van der Waals surface area contributed by atoms with Crippen LogP contribution in [0.15, 0.2) is 35.7 Å². The van der Waals surface area contributed by atoms with Crippen LogP contribution in [-0.2, 0) is 6.18 Å². The first-order chi connectivity index (χ1) is 10.1. The number of nitrogens with two attached hydrogens (primary N) is 1. The Balaban J connectivity index is 0.000000255. The number of carbonyl (C=O) groups is 2. The van der Waals surface area contributed by atoms with Gasteiger partial charge in [-0.15, -0.1) is 11.3 Å². The number of aromatic carboxylic acids is 1. The van der Waals surface area contributed by atoms with E-state index in [1.54, 1.807) is 17.5 Å². The molecule has 2 aromatic rings. The summed E-state index contributed by atoms with van der Waals surface area (Å²) in [7, 11) is 0. The molecule has 0 aliphatic rings. The third-order valence-corrected chi connectivity index (χ3v) is 3.15. The SMILES string of the molecule is NC(=O)c1ccc(F)c(C(F)(F)F)c1.O=C(O)c1cccs1. The van der Waals surface area contributed by atoms with Crippen molar-refractivity contribution in [3.63, 3.8) is 0 Å². The van der Waals surface area contributed by atoms with Crippen LogP contribution < -0.4 is 5.73 Å². The normalized spacial score (nSPS) is 10.5. The number of carboxylic acids is 1. The highest BCUT2D eigenvalue weighted by atomic mass is 32.1. The van der Waals surface area contributed by atoms with E-state index in [4.69, 9.17) is 10.8 Å². The molecule has 1 aromatic heterocycles. The van der Waals surface area contributed by atoms with Crippen molar-refractivity contribution in [2.45, 2.75) is 6.18 Å². The monoisotopic (exact) mass is 335 g/mol. The van der Waals surface area contributed by atoms with Gasteiger partial charge in [-0.25, -0.2) is 9.18 Å². The Morgan fingerprint density at radius 1 is 1.18 bits per heavy atom. The van der Waals surface area contributed by atoms with Crippen molar-refractivity contribution < 1.29 is 32.3 Å². The summed E-state index contributed by atoms with van der Waals surface area (Å²) in [5.74, 6) is -3.31. The fourth-order valence-corrected chi connectivity index (χ4v) is 1.86. The summed E-state index contributed by atoms with van der Waals surface area (Å²) in [5.41, 5.74) is 2.88. The molecule has 1 aromatic carbocycles. The Kier molecular flexibility index (Phi) is 5.63. The number of rotatable bonds is 2. The van der Waals surface area contributed by atoms with E-state index in [-0.39, 0.29) is 5.56 Å². The highest BCUT2D eigenvalue weighted by molar-refractivity contribution is 7.11. The van der Waals surface area contributed by atoms with Crippen molar-refractivity contribution in [1.82, 2.24) is 0 Å². The van der Waals surface area contributed by atoms with Crippen LogP contribution >= 0.6 is 11.3 Å². The van der Waals surface area contributed by atoms with Gasteiger partial charge in [-0.1, -0.05) is 6.07 Å². The van der Waals surface area contributed by atoms with Gasteiger partial charge in [0.1, 0.15) is 10.7 Å². The lowest BCUT2D eigenvalue weighted by molar-refractivity contribution is -0.140. The minimum absolute atomic E-state index is 0.376. The van der Waals surface area contributed by atoms with Gasteiger partial charge in [0.05, 0.1) is 5.56 Å². The van der Waals surface area contributed by atoms with E-state index in [0.717, 1.165) is 6.07 Å². The van der Waals surface area contributed by atoms with Crippen LogP contribution in [0.4, 0.5) is 17.6 Å². The number of halogens is 4. The van der Waals surface area contributed by atoms with E-state index in [9.17, 15) is 27.2 Å². The maximum absolute atomic E-state index is 12.7. The molecular weight excluding hydrogens is 326 g/mol. The molecule has 22 heavy (non-hydrogen) atoms.